The molecular weight excluding hydrogens is 251 g/mol. The van der Waals surface area contributed by atoms with Gasteiger partial charge in [-0.25, -0.2) is 0 Å². The second kappa shape index (κ2) is 3.20. The molecule has 0 bridgehead atoms. The zero-order valence-electron chi connectivity index (χ0n) is 6.59. The summed E-state index contributed by atoms with van der Waals surface area (Å²) in [7, 11) is 0. The number of aromatic hydroxyl groups is 1. The average Bonchev–Trinajstić information content (AvgIpc) is 2.06. The van der Waals surface area contributed by atoms with Crippen LogP contribution in [0, 0.1) is 0 Å². The molecule has 0 saturated carbocycles. The van der Waals surface area contributed by atoms with Crippen LogP contribution in [0.2, 0.25) is 5.02 Å². The Hall–Kier alpha value is -0.730. The molecule has 0 radical (unpaired) electrons. The molecule has 13 heavy (non-hydrogen) atoms. The third-order valence-electron chi connectivity index (χ3n) is 1.85. The van der Waals surface area contributed by atoms with Crippen molar-refractivity contribution in [2.75, 3.05) is 0 Å². The first-order chi connectivity index (χ1) is 6.16. The van der Waals surface area contributed by atoms with Crippen LogP contribution in [-0.2, 0) is 0 Å². The van der Waals surface area contributed by atoms with Crippen molar-refractivity contribution in [1.29, 1.82) is 0 Å². The van der Waals surface area contributed by atoms with Crippen LogP contribution < -0.4 is 0 Å². The molecule has 3 heteroatoms. The lowest BCUT2D eigenvalue weighted by Gasteiger charge is -2.02. The molecule has 0 aliphatic rings. The van der Waals surface area contributed by atoms with Crippen LogP contribution >= 0.6 is 27.5 Å². The van der Waals surface area contributed by atoms with Gasteiger partial charge in [0.15, 0.2) is 0 Å². The van der Waals surface area contributed by atoms with E-state index < -0.39 is 0 Å². The first-order valence-corrected chi connectivity index (χ1v) is 4.92. The molecule has 1 nitrogen and oxygen atoms in total. The number of phenolic OH excluding ortho intramolecular Hbond substituents is 1. The van der Waals surface area contributed by atoms with Crippen molar-refractivity contribution in [3.8, 4) is 5.75 Å². The summed E-state index contributed by atoms with van der Waals surface area (Å²) in [4.78, 5) is 0. The second-order valence-electron chi connectivity index (χ2n) is 2.79. The minimum absolute atomic E-state index is 0.252. The Kier molecular flexibility index (Phi) is 2.18. The van der Waals surface area contributed by atoms with E-state index in [1.165, 1.54) is 0 Å². The SMILES string of the molecule is Oc1cc(Br)c2cc(Cl)ccc2c1. The van der Waals surface area contributed by atoms with Gasteiger partial charge in [-0.3, -0.25) is 0 Å². The van der Waals surface area contributed by atoms with E-state index in [1.807, 2.05) is 12.1 Å². The summed E-state index contributed by atoms with van der Waals surface area (Å²) in [6, 6.07) is 8.90. The molecule has 0 amide bonds. The van der Waals surface area contributed by atoms with Crippen molar-refractivity contribution < 1.29 is 5.11 Å². The van der Waals surface area contributed by atoms with Gasteiger partial charge in [0.1, 0.15) is 5.75 Å². The maximum absolute atomic E-state index is 9.32. The van der Waals surface area contributed by atoms with Crippen LogP contribution in [0.15, 0.2) is 34.8 Å². The predicted octanol–water partition coefficient (Wildman–Crippen LogP) is 3.96. The smallest absolute Gasteiger partial charge is 0.117 e. The van der Waals surface area contributed by atoms with Crippen molar-refractivity contribution in [2.24, 2.45) is 0 Å². The monoisotopic (exact) mass is 256 g/mol. The van der Waals surface area contributed by atoms with Gasteiger partial charge in [-0.2, -0.15) is 0 Å². The van der Waals surface area contributed by atoms with E-state index in [0.717, 1.165) is 15.2 Å². The summed E-state index contributed by atoms with van der Waals surface area (Å²) < 4.78 is 0.852. The molecule has 2 aromatic rings. The summed E-state index contributed by atoms with van der Waals surface area (Å²) in [5, 5.41) is 12.0. The number of phenols is 1. The Labute approximate surface area is 89.1 Å². The molecule has 66 valence electrons. The lowest BCUT2D eigenvalue weighted by atomic mass is 10.1. The number of hydrogen-bond acceptors (Lipinski definition) is 1. The van der Waals surface area contributed by atoms with Crippen LogP contribution in [0.5, 0.6) is 5.75 Å². The second-order valence-corrected chi connectivity index (χ2v) is 4.08. The molecule has 0 aliphatic heterocycles. The number of rotatable bonds is 0. The molecule has 0 aromatic heterocycles. The Balaban J connectivity index is 2.87. The van der Waals surface area contributed by atoms with E-state index in [1.54, 1.807) is 18.2 Å². The molecule has 0 atom stereocenters. The third-order valence-corrected chi connectivity index (χ3v) is 2.74. The first kappa shape index (κ1) is 8.85. The fourth-order valence-electron chi connectivity index (χ4n) is 1.27. The highest BCUT2D eigenvalue weighted by molar-refractivity contribution is 9.10. The summed E-state index contributed by atoms with van der Waals surface area (Å²) in [5.74, 6) is 0.252. The Morgan fingerprint density at radius 3 is 2.69 bits per heavy atom. The van der Waals surface area contributed by atoms with Crippen molar-refractivity contribution in [3.63, 3.8) is 0 Å². The van der Waals surface area contributed by atoms with E-state index in [2.05, 4.69) is 15.9 Å². The fraction of sp³-hybridized carbons (Fsp3) is 0. The number of halogens is 2. The summed E-state index contributed by atoms with van der Waals surface area (Å²) in [6.07, 6.45) is 0. The van der Waals surface area contributed by atoms with Gasteiger partial charge in [0.05, 0.1) is 0 Å². The fourth-order valence-corrected chi connectivity index (χ4v) is 2.02. The van der Waals surface area contributed by atoms with Crippen LogP contribution in [-0.4, -0.2) is 5.11 Å². The van der Waals surface area contributed by atoms with Crippen LogP contribution in [0.1, 0.15) is 0 Å². The summed E-state index contributed by atoms with van der Waals surface area (Å²) >= 11 is 9.21. The highest BCUT2D eigenvalue weighted by Gasteiger charge is 2.01. The van der Waals surface area contributed by atoms with Crippen LogP contribution in [0.3, 0.4) is 0 Å². The molecule has 0 spiro atoms. The number of hydrogen-bond donors (Lipinski definition) is 1. The van der Waals surface area contributed by atoms with Crippen molar-refractivity contribution >= 4 is 38.3 Å². The predicted molar refractivity (Wildman–Crippen MR) is 58.3 cm³/mol. The van der Waals surface area contributed by atoms with E-state index in [4.69, 9.17) is 11.6 Å². The molecule has 0 aliphatic carbocycles. The van der Waals surface area contributed by atoms with Crippen LogP contribution in [0.25, 0.3) is 10.8 Å². The third kappa shape index (κ3) is 1.64. The topological polar surface area (TPSA) is 20.2 Å². The Morgan fingerprint density at radius 1 is 1.15 bits per heavy atom. The molecule has 2 aromatic carbocycles. The average molecular weight is 258 g/mol. The van der Waals surface area contributed by atoms with Crippen molar-refractivity contribution in [3.05, 3.63) is 39.8 Å². The maximum atomic E-state index is 9.32. The van der Waals surface area contributed by atoms with E-state index in [9.17, 15) is 5.11 Å². The van der Waals surface area contributed by atoms with Gasteiger partial charge in [0.2, 0.25) is 0 Å². The Bertz CT molecular complexity index is 468. The highest BCUT2D eigenvalue weighted by Crippen LogP contribution is 2.30. The molecule has 0 saturated heterocycles. The molecule has 0 fully saturated rings. The highest BCUT2D eigenvalue weighted by atomic mass is 79.9. The van der Waals surface area contributed by atoms with Crippen molar-refractivity contribution in [2.45, 2.75) is 0 Å². The lowest BCUT2D eigenvalue weighted by molar-refractivity contribution is 0.476. The molecule has 0 heterocycles. The quantitative estimate of drug-likeness (QED) is 0.757. The summed E-state index contributed by atoms with van der Waals surface area (Å²) in [6.45, 7) is 0. The zero-order valence-corrected chi connectivity index (χ0v) is 8.93. The van der Waals surface area contributed by atoms with Crippen molar-refractivity contribution in [1.82, 2.24) is 0 Å². The van der Waals surface area contributed by atoms with Gasteiger partial charge in [-0.05, 0) is 35.0 Å². The standard InChI is InChI=1S/C10H6BrClO/c11-10-5-8(13)3-6-1-2-7(12)4-9(6)10/h1-5,13H. The minimum Gasteiger partial charge on any atom is -0.508 e. The van der Waals surface area contributed by atoms with E-state index in [0.29, 0.717) is 5.02 Å². The summed E-state index contributed by atoms with van der Waals surface area (Å²) in [5.41, 5.74) is 0. The van der Waals surface area contributed by atoms with Gasteiger partial charge in [0.25, 0.3) is 0 Å². The zero-order chi connectivity index (χ0) is 9.42. The van der Waals surface area contributed by atoms with Gasteiger partial charge in [0, 0.05) is 9.50 Å². The minimum atomic E-state index is 0.252. The van der Waals surface area contributed by atoms with E-state index in [-0.39, 0.29) is 5.75 Å². The van der Waals surface area contributed by atoms with E-state index >= 15 is 0 Å². The van der Waals surface area contributed by atoms with Gasteiger partial charge in [-0.1, -0.05) is 33.6 Å². The van der Waals surface area contributed by atoms with Gasteiger partial charge < -0.3 is 5.11 Å². The number of fused-ring (bicyclic) bond motifs is 1. The maximum Gasteiger partial charge on any atom is 0.117 e. The molecule has 0 unspecified atom stereocenters. The molecular formula is C10H6BrClO. The lowest BCUT2D eigenvalue weighted by Crippen LogP contribution is -1.75. The molecule has 1 N–H and O–H groups in total. The normalized spacial score (nSPS) is 10.6. The van der Waals surface area contributed by atoms with Gasteiger partial charge in [-0.15, -0.1) is 0 Å². The largest absolute Gasteiger partial charge is 0.508 e. The Morgan fingerprint density at radius 2 is 1.92 bits per heavy atom. The van der Waals surface area contributed by atoms with Crippen LogP contribution in [0.4, 0.5) is 0 Å². The number of benzene rings is 2. The first-order valence-electron chi connectivity index (χ1n) is 3.74. The molecule has 2 rings (SSSR count). The van der Waals surface area contributed by atoms with Gasteiger partial charge >= 0.3 is 0 Å².